The number of rotatable bonds is 3. The molecule has 2 rings (SSSR count). The monoisotopic (exact) mass is 191 g/mol. The number of hydrogen-bond donors (Lipinski definition) is 0. The highest BCUT2D eigenvalue weighted by atomic mass is 16.5. The lowest BCUT2D eigenvalue weighted by Gasteiger charge is -2.11. The van der Waals surface area contributed by atoms with Crippen molar-refractivity contribution in [1.29, 1.82) is 0 Å². The van der Waals surface area contributed by atoms with Crippen LogP contribution >= 0.6 is 0 Å². The summed E-state index contributed by atoms with van der Waals surface area (Å²) < 4.78 is 4.80. The topological polar surface area (TPSA) is 39.2 Å². The summed E-state index contributed by atoms with van der Waals surface area (Å²) in [7, 11) is 1.45. The van der Waals surface area contributed by atoms with Crippen molar-refractivity contribution in [2.75, 3.05) is 7.11 Å². The first-order chi connectivity index (χ1) is 6.77. The maximum atomic E-state index is 11.5. The Labute approximate surface area is 83.1 Å². The normalized spacial score (nSPS) is 17.5. The van der Waals surface area contributed by atoms with E-state index >= 15 is 0 Å². The van der Waals surface area contributed by atoms with E-state index in [1.807, 2.05) is 12.1 Å². The predicted octanol–water partition coefficient (Wildman–Crippen LogP) is 1.58. The van der Waals surface area contributed by atoms with Gasteiger partial charge in [0.2, 0.25) is 0 Å². The van der Waals surface area contributed by atoms with Gasteiger partial charge in [0.25, 0.3) is 0 Å². The van der Waals surface area contributed by atoms with Crippen LogP contribution in [-0.2, 0) is 16.0 Å². The van der Waals surface area contributed by atoms with Crippen LogP contribution in [0.1, 0.15) is 18.4 Å². The molecule has 3 nitrogen and oxygen atoms in total. The summed E-state index contributed by atoms with van der Waals surface area (Å²) in [4.78, 5) is 15.4. The van der Waals surface area contributed by atoms with E-state index in [9.17, 15) is 4.79 Å². The van der Waals surface area contributed by atoms with Crippen LogP contribution in [0.4, 0.5) is 0 Å². The maximum Gasteiger partial charge on any atom is 0.312 e. The van der Waals surface area contributed by atoms with E-state index in [2.05, 4.69) is 4.98 Å². The van der Waals surface area contributed by atoms with Crippen LogP contribution in [0.3, 0.4) is 0 Å². The van der Waals surface area contributed by atoms with E-state index in [1.54, 1.807) is 12.4 Å². The molecular weight excluding hydrogens is 178 g/mol. The van der Waals surface area contributed by atoms with E-state index in [4.69, 9.17) is 4.74 Å². The van der Waals surface area contributed by atoms with Gasteiger partial charge in [-0.25, -0.2) is 0 Å². The van der Waals surface area contributed by atoms with E-state index in [0.717, 1.165) is 24.8 Å². The summed E-state index contributed by atoms with van der Waals surface area (Å²) in [5.74, 6) is -0.0747. The minimum atomic E-state index is -0.226. The molecule has 0 aromatic carbocycles. The summed E-state index contributed by atoms with van der Waals surface area (Å²) >= 11 is 0. The molecule has 0 unspecified atom stereocenters. The molecule has 14 heavy (non-hydrogen) atoms. The molecule has 1 heterocycles. The number of aromatic nitrogens is 1. The van der Waals surface area contributed by atoms with Crippen molar-refractivity contribution in [3.8, 4) is 0 Å². The average molecular weight is 191 g/mol. The summed E-state index contributed by atoms with van der Waals surface area (Å²) in [5, 5.41) is 0. The quantitative estimate of drug-likeness (QED) is 0.681. The lowest BCUT2D eigenvalue weighted by Crippen LogP contribution is -2.19. The second kappa shape index (κ2) is 3.40. The molecule has 1 aliphatic carbocycles. The number of hydrogen-bond acceptors (Lipinski definition) is 3. The van der Waals surface area contributed by atoms with Crippen LogP contribution in [-0.4, -0.2) is 18.1 Å². The standard InChI is InChI=1S/C11H13NO2/c1-14-10(13)11(4-5-11)8-9-2-6-12-7-3-9/h2-3,6-7H,4-5,8H2,1H3. The molecule has 0 amide bonds. The molecule has 0 bridgehead atoms. The fourth-order valence-electron chi connectivity index (χ4n) is 1.71. The van der Waals surface area contributed by atoms with Gasteiger partial charge in [-0.3, -0.25) is 9.78 Å². The van der Waals surface area contributed by atoms with Crippen LogP contribution in [0.5, 0.6) is 0 Å². The molecule has 3 heteroatoms. The van der Waals surface area contributed by atoms with Crippen molar-refractivity contribution in [3.63, 3.8) is 0 Å². The van der Waals surface area contributed by atoms with Gasteiger partial charge in [-0.2, -0.15) is 0 Å². The maximum absolute atomic E-state index is 11.5. The molecule has 0 radical (unpaired) electrons. The largest absolute Gasteiger partial charge is 0.469 e. The molecule has 0 spiro atoms. The summed E-state index contributed by atoms with van der Waals surface area (Å²) in [6.07, 6.45) is 6.18. The van der Waals surface area contributed by atoms with Gasteiger partial charge in [-0.05, 0) is 37.0 Å². The predicted molar refractivity (Wildman–Crippen MR) is 51.6 cm³/mol. The molecular formula is C11H13NO2. The van der Waals surface area contributed by atoms with Crippen molar-refractivity contribution in [2.24, 2.45) is 5.41 Å². The molecule has 0 saturated heterocycles. The molecule has 74 valence electrons. The van der Waals surface area contributed by atoms with Crippen molar-refractivity contribution in [1.82, 2.24) is 4.98 Å². The fourth-order valence-corrected chi connectivity index (χ4v) is 1.71. The fraction of sp³-hybridized carbons (Fsp3) is 0.455. The minimum Gasteiger partial charge on any atom is -0.469 e. The zero-order valence-corrected chi connectivity index (χ0v) is 8.19. The van der Waals surface area contributed by atoms with E-state index in [-0.39, 0.29) is 11.4 Å². The van der Waals surface area contributed by atoms with E-state index in [0.29, 0.717) is 0 Å². The second-order valence-corrected chi connectivity index (χ2v) is 3.80. The Morgan fingerprint density at radius 2 is 2.14 bits per heavy atom. The van der Waals surface area contributed by atoms with E-state index in [1.165, 1.54) is 7.11 Å². The Bertz CT molecular complexity index is 330. The third-order valence-electron chi connectivity index (χ3n) is 2.76. The van der Waals surface area contributed by atoms with Gasteiger partial charge in [0.15, 0.2) is 0 Å². The van der Waals surface area contributed by atoms with Crippen molar-refractivity contribution in [3.05, 3.63) is 30.1 Å². The Hall–Kier alpha value is -1.38. The number of nitrogens with zero attached hydrogens (tertiary/aromatic N) is 1. The lowest BCUT2D eigenvalue weighted by atomic mass is 9.97. The summed E-state index contributed by atoms with van der Waals surface area (Å²) in [5.41, 5.74) is 0.929. The molecule has 1 aromatic heterocycles. The third kappa shape index (κ3) is 1.62. The first-order valence-electron chi connectivity index (χ1n) is 4.74. The van der Waals surface area contributed by atoms with Gasteiger partial charge in [0.05, 0.1) is 12.5 Å². The molecule has 1 aromatic rings. The van der Waals surface area contributed by atoms with Gasteiger partial charge in [-0.15, -0.1) is 0 Å². The highest BCUT2D eigenvalue weighted by molar-refractivity contribution is 5.80. The Morgan fingerprint density at radius 1 is 1.50 bits per heavy atom. The van der Waals surface area contributed by atoms with Crippen LogP contribution in [0.25, 0.3) is 0 Å². The molecule has 0 N–H and O–H groups in total. The van der Waals surface area contributed by atoms with Gasteiger partial charge in [-0.1, -0.05) is 0 Å². The van der Waals surface area contributed by atoms with Crippen LogP contribution < -0.4 is 0 Å². The lowest BCUT2D eigenvalue weighted by molar-refractivity contribution is -0.147. The minimum absolute atomic E-state index is 0.0747. The smallest absolute Gasteiger partial charge is 0.312 e. The first kappa shape index (κ1) is 9.19. The number of ether oxygens (including phenoxy) is 1. The highest BCUT2D eigenvalue weighted by Gasteiger charge is 2.50. The number of carbonyl (C=O) groups excluding carboxylic acids is 1. The summed E-state index contributed by atoms with van der Waals surface area (Å²) in [6.45, 7) is 0. The Morgan fingerprint density at radius 3 is 2.64 bits per heavy atom. The molecule has 1 fully saturated rings. The second-order valence-electron chi connectivity index (χ2n) is 3.80. The Balaban J connectivity index is 2.08. The van der Waals surface area contributed by atoms with Crippen molar-refractivity contribution >= 4 is 5.97 Å². The SMILES string of the molecule is COC(=O)C1(Cc2ccncc2)CC1. The average Bonchev–Trinajstić information content (AvgIpc) is 2.99. The van der Waals surface area contributed by atoms with Crippen molar-refractivity contribution in [2.45, 2.75) is 19.3 Å². The van der Waals surface area contributed by atoms with Gasteiger partial charge in [0, 0.05) is 12.4 Å². The first-order valence-corrected chi connectivity index (χ1v) is 4.74. The Kier molecular flexibility index (Phi) is 2.23. The van der Waals surface area contributed by atoms with Gasteiger partial charge >= 0.3 is 5.97 Å². The van der Waals surface area contributed by atoms with Crippen LogP contribution in [0, 0.1) is 5.41 Å². The molecule has 1 saturated carbocycles. The van der Waals surface area contributed by atoms with Crippen LogP contribution in [0.2, 0.25) is 0 Å². The van der Waals surface area contributed by atoms with Crippen LogP contribution in [0.15, 0.2) is 24.5 Å². The number of carbonyl (C=O) groups is 1. The van der Waals surface area contributed by atoms with Crippen molar-refractivity contribution < 1.29 is 9.53 Å². The zero-order valence-electron chi connectivity index (χ0n) is 8.19. The zero-order chi connectivity index (χ0) is 10.0. The highest BCUT2D eigenvalue weighted by Crippen LogP contribution is 2.49. The number of methoxy groups -OCH3 is 1. The number of pyridine rings is 1. The third-order valence-corrected chi connectivity index (χ3v) is 2.76. The molecule has 0 aliphatic heterocycles. The van der Waals surface area contributed by atoms with Gasteiger partial charge < -0.3 is 4.74 Å². The molecule has 0 atom stereocenters. The van der Waals surface area contributed by atoms with E-state index < -0.39 is 0 Å². The van der Waals surface area contributed by atoms with Gasteiger partial charge in [0.1, 0.15) is 0 Å². The number of esters is 1. The summed E-state index contributed by atoms with van der Waals surface area (Å²) in [6, 6.07) is 3.89. The molecule has 1 aliphatic rings.